The molecule has 4 nitrogen and oxygen atoms in total. The highest BCUT2D eigenvalue weighted by Crippen LogP contribution is 2.40. The van der Waals surface area contributed by atoms with E-state index >= 15 is 0 Å². The van der Waals surface area contributed by atoms with E-state index in [-0.39, 0.29) is 18.7 Å². The van der Waals surface area contributed by atoms with Crippen LogP contribution in [0.4, 0.5) is 4.79 Å². The minimum absolute atomic E-state index is 0.0592. The Morgan fingerprint density at radius 1 is 1.24 bits per heavy atom. The predicted octanol–water partition coefficient (Wildman–Crippen LogP) is 3.71. The molecule has 0 saturated heterocycles. The van der Waals surface area contributed by atoms with Crippen molar-refractivity contribution in [2.75, 3.05) is 6.61 Å². The van der Waals surface area contributed by atoms with E-state index in [1.165, 1.54) is 11.1 Å². The van der Waals surface area contributed by atoms with Gasteiger partial charge in [-0.15, -0.1) is 0 Å². The third kappa shape index (κ3) is 4.43. The summed E-state index contributed by atoms with van der Waals surface area (Å²) < 4.78 is 5.46. The second-order valence-corrected chi connectivity index (χ2v) is 8.29. The molecular formula is C21H29NO3. The van der Waals surface area contributed by atoms with Crippen molar-refractivity contribution in [1.29, 1.82) is 0 Å². The van der Waals surface area contributed by atoms with E-state index in [9.17, 15) is 4.79 Å². The Balaban J connectivity index is 1.74. The smallest absolute Gasteiger partial charge is 0.407 e. The van der Waals surface area contributed by atoms with Gasteiger partial charge in [-0.2, -0.15) is 0 Å². The summed E-state index contributed by atoms with van der Waals surface area (Å²) in [4.78, 5) is 12.2. The van der Waals surface area contributed by atoms with Gasteiger partial charge in [-0.25, -0.2) is 4.79 Å². The first kappa shape index (κ1) is 18.0. The zero-order valence-electron chi connectivity index (χ0n) is 15.4. The molecule has 136 valence electrons. The van der Waals surface area contributed by atoms with Crippen LogP contribution < -0.4 is 5.32 Å². The van der Waals surface area contributed by atoms with Gasteiger partial charge in [0.1, 0.15) is 5.60 Å². The summed E-state index contributed by atoms with van der Waals surface area (Å²) in [6.45, 7) is 5.74. The highest BCUT2D eigenvalue weighted by atomic mass is 16.6. The summed E-state index contributed by atoms with van der Waals surface area (Å²) in [5, 5.41) is 12.1. The van der Waals surface area contributed by atoms with Crippen LogP contribution in [0.15, 0.2) is 24.3 Å². The molecule has 2 N–H and O–H groups in total. The van der Waals surface area contributed by atoms with Crippen molar-refractivity contribution >= 4 is 12.2 Å². The fourth-order valence-corrected chi connectivity index (χ4v) is 4.20. The zero-order valence-corrected chi connectivity index (χ0v) is 15.4. The van der Waals surface area contributed by atoms with Crippen LogP contribution in [0.25, 0.3) is 6.08 Å². The molecule has 0 spiro atoms. The topological polar surface area (TPSA) is 58.6 Å². The normalized spacial score (nSPS) is 25.5. The summed E-state index contributed by atoms with van der Waals surface area (Å²) in [7, 11) is 0. The predicted molar refractivity (Wildman–Crippen MR) is 99.3 cm³/mol. The van der Waals surface area contributed by atoms with Gasteiger partial charge in [0.05, 0.1) is 6.61 Å². The molecule has 0 unspecified atom stereocenters. The molecule has 25 heavy (non-hydrogen) atoms. The Labute approximate surface area is 150 Å². The highest BCUT2D eigenvalue weighted by molar-refractivity contribution is 5.68. The number of ether oxygens (including phenoxy) is 1. The second-order valence-electron chi connectivity index (χ2n) is 8.29. The van der Waals surface area contributed by atoms with Crippen molar-refractivity contribution in [1.82, 2.24) is 5.32 Å². The number of nitrogens with one attached hydrogen (secondary N) is 1. The van der Waals surface area contributed by atoms with Crippen molar-refractivity contribution in [3.63, 3.8) is 0 Å². The van der Waals surface area contributed by atoms with Crippen LogP contribution in [-0.4, -0.2) is 29.4 Å². The van der Waals surface area contributed by atoms with Gasteiger partial charge in [-0.05, 0) is 75.0 Å². The molecular weight excluding hydrogens is 314 g/mol. The van der Waals surface area contributed by atoms with E-state index < -0.39 is 5.60 Å². The Bertz CT molecular complexity index is 660. The number of hydrogen-bond donors (Lipinski definition) is 2. The number of carbonyl (C=O) groups excluding carboxylic acids is 1. The monoisotopic (exact) mass is 343 g/mol. The maximum atomic E-state index is 12.2. The van der Waals surface area contributed by atoms with Crippen molar-refractivity contribution < 1.29 is 14.6 Å². The van der Waals surface area contributed by atoms with Crippen LogP contribution in [0.1, 0.15) is 50.3 Å². The van der Waals surface area contributed by atoms with E-state index in [1.54, 1.807) is 6.08 Å². The van der Waals surface area contributed by atoms with E-state index in [1.807, 2.05) is 26.8 Å². The van der Waals surface area contributed by atoms with E-state index in [0.717, 1.165) is 31.2 Å². The molecule has 1 saturated carbocycles. The lowest BCUT2D eigenvalue weighted by Crippen LogP contribution is -2.44. The number of rotatable bonds is 3. The number of carbonyl (C=O) groups is 1. The van der Waals surface area contributed by atoms with Crippen molar-refractivity contribution in [2.24, 2.45) is 11.8 Å². The lowest BCUT2D eigenvalue weighted by molar-refractivity contribution is 0.0479. The standard InChI is InChI=1S/C21H29NO3/c1-21(2,3)25-20(24)22-19-16-8-9-17(19)13-18-11-14(5-4-10-23)6-7-15(18)12-16/h4-7,11,16-17,19,23H,8-10,12-13H2,1-3H3,(H,22,24)/t16-,17+,19+/m0/s1. The van der Waals surface area contributed by atoms with Crippen molar-refractivity contribution in [3.05, 3.63) is 41.0 Å². The fourth-order valence-electron chi connectivity index (χ4n) is 4.20. The molecule has 3 rings (SSSR count). The Hall–Kier alpha value is -1.81. The van der Waals surface area contributed by atoms with Crippen LogP contribution in [0.2, 0.25) is 0 Å². The van der Waals surface area contributed by atoms with Gasteiger partial charge in [0.2, 0.25) is 0 Å². The number of benzene rings is 1. The van der Waals surface area contributed by atoms with Crippen molar-refractivity contribution in [3.8, 4) is 0 Å². The molecule has 1 amide bonds. The van der Waals surface area contributed by atoms with Gasteiger partial charge >= 0.3 is 6.09 Å². The average molecular weight is 343 g/mol. The molecule has 4 heteroatoms. The third-order valence-corrected chi connectivity index (χ3v) is 5.22. The van der Waals surface area contributed by atoms with Gasteiger partial charge in [-0.3, -0.25) is 0 Å². The lowest BCUT2D eigenvalue weighted by atomic mass is 9.92. The number of aliphatic hydroxyl groups excluding tert-OH is 1. The Morgan fingerprint density at radius 2 is 1.92 bits per heavy atom. The number of hydrogen-bond acceptors (Lipinski definition) is 3. The SMILES string of the molecule is CC(C)(C)OC(=O)N[C@H]1[C@@H]2CC[C@H]1Cc1ccc(C=CCO)cc1C2. The first-order valence-electron chi connectivity index (χ1n) is 9.24. The largest absolute Gasteiger partial charge is 0.444 e. The van der Waals surface area contributed by atoms with Crippen LogP contribution >= 0.6 is 0 Å². The van der Waals surface area contributed by atoms with Crippen LogP contribution in [0, 0.1) is 11.8 Å². The Morgan fingerprint density at radius 3 is 2.56 bits per heavy atom. The highest BCUT2D eigenvalue weighted by Gasteiger charge is 2.40. The summed E-state index contributed by atoms with van der Waals surface area (Å²) >= 11 is 0. The number of fused-ring (bicyclic) bond motifs is 3. The molecule has 1 aromatic carbocycles. The lowest BCUT2D eigenvalue weighted by Gasteiger charge is -2.26. The molecule has 0 aromatic heterocycles. The molecule has 0 heterocycles. The first-order chi connectivity index (χ1) is 11.9. The van der Waals surface area contributed by atoms with Crippen LogP contribution in [-0.2, 0) is 17.6 Å². The minimum atomic E-state index is -0.467. The quantitative estimate of drug-likeness (QED) is 0.879. The molecule has 2 aliphatic carbocycles. The van der Waals surface area contributed by atoms with Crippen LogP contribution in [0.3, 0.4) is 0 Å². The number of amides is 1. The molecule has 1 aromatic rings. The molecule has 0 radical (unpaired) electrons. The zero-order chi connectivity index (χ0) is 18.0. The molecule has 3 atom stereocenters. The van der Waals surface area contributed by atoms with Crippen LogP contribution in [0.5, 0.6) is 0 Å². The number of aliphatic hydroxyl groups is 1. The van der Waals surface area contributed by atoms with E-state index in [0.29, 0.717) is 11.8 Å². The second kappa shape index (κ2) is 7.20. The Kier molecular flexibility index (Phi) is 5.19. The van der Waals surface area contributed by atoms with Gasteiger partial charge in [0, 0.05) is 6.04 Å². The third-order valence-electron chi connectivity index (χ3n) is 5.22. The van der Waals surface area contributed by atoms with Gasteiger partial charge in [0.15, 0.2) is 0 Å². The van der Waals surface area contributed by atoms with Gasteiger partial charge in [0.25, 0.3) is 0 Å². The summed E-state index contributed by atoms with van der Waals surface area (Å²) in [5.41, 5.74) is 3.43. The first-order valence-corrected chi connectivity index (χ1v) is 9.24. The van der Waals surface area contributed by atoms with Gasteiger partial charge in [-0.1, -0.05) is 30.4 Å². The van der Waals surface area contributed by atoms with Crippen molar-refractivity contribution in [2.45, 2.75) is 58.1 Å². The van der Waals surface area contributed by atoms with E-state index in [2.05, 4.69) is 23.5 Å². The average Bonchev–Trinajstić information content (AvgIpc) is 2.78. The number of alkyl carbamates (subject to hydrolysis) is 1. The molecule has 0 aliphatic heterocycles. The summed E-state index contributed by atoms with van der Waals surface area (Å²) in [6.07, 6.45) is 7.74. The maximum absolute atomic E-state index is 12.2. The minimum Gasteiger partial charge on any atom is -0.444 e. The summed E-state index contributed by atoms with van der Waals surface area (Å²) in [5.74, 6) is 0.952. The molecule has 1 fully saturated rings. The molecule has 2 aliphatic rings. The fraction of sp³-hybridized carbons (Fsp3) is 0.571. The maximum Gasteiger partial charge on any atom is 0.407 e. The summed E-state index contributed by atoms with van der Waals surface area (Å²) in [6, 6.07) is 6.74. The molecule has 2 bridgehead atoms. The van der Waals surface area contributed by atoms with Gasteiger partial charge < -0.3 is 15.2 Å². The van der Waals surface area contributed by atoms with E-state index in [4.69, 9.17) is 9.84 Å².